The fourth-order valence-electron chi connectivity index (χ4n) is 2.29. The number of aliphatic hydroxyl groups is 1. The monoisotopic (exact) mass is 260 g/mol. The van der Waals surface area contributed by atoms with Gasteiger partial charge in [0, 0.05) is 11.5 Å². The van der Waals surface area contributed by atoms with Crippen LogP contribution in [0.15, 0.2) is 42.5 Å². The lowest BCUT2D eigenvalue weighted by Crippen LogP contribution is -2.29. The van der Waals surface area contributed by atoms with Crippen LogP contribution in [0.3, 0.4) is 0 Å². The highest BCUT2D eigenvalue weighted by molar-refractivity contribution is 7.99. The van der Waals surface area contributed by atoms with Crippen LogP contribution < -0.4 is 0 Å². The Bertz CT molecular complexity index is 535. The minimum atomic E-state index is -0.526. The molecule has 2 aromatic carbocycles. The van der Waals surface area contributed by atoms with E-state index < -0.39 is 6.10 Å². The third-order valence-corrected chi connectivity index (χ3v) is 4.33. The Hall–Kier alpha value is -1.03. The number of hydrogen-bond donors (Lipinski definition) is 1. The molecule has 2 aromatic rings. The van der Waals surface area contributed by atoms with Crippen LogP contribution in [0.1, 0.15) is 11.7 Å². The average molecular weight is 260 g/mol. The standard InChI is InChI=1S/C15H16O2S/c16-15(14-10-18-8-7-17-14)13-6-5-11-3-1-2-4-12(11)9-13/h1-6,9,14-16H,7-8,10H2. The Morgan fingerprint density at radius 3 is 2.78 bits per heavy atom. The zero-order chi connectivity index (χ0) is 12.4. The minimum Gasteiger partial charge on any atom is -0.386 e. The summed E-state index contributed by atoms with van der Waals surface area (Å²) >= 11 is 1.84. The molecule has 18 heavy (non-hydrogen) atoms. The molecular formula is C15H16O2S. The molecule has 1 aliphatic heterocycles. The van der Waals surface area contributed by atoms with Crippen LogP contribution in [0.5, 0.6) is 0 Å². The summed E-state index contributed by atoms with van der Waals surface area (Å²) < 4.78 is 5.64. The third kappa shape index (κ3) is 2.39. The lowest BCUT2D eigenvalue weighted by atomic mass is 10.0. The lowest BCUT2D eigenvalue weighted by Gasteiger charge is -2.27. The molecule has 3 rings (SSSR count). The molecule has 3 heteroatoms. The summed E-state index contributed by atoms with van der Waals surface area (Å²) in [5.74, 6) is 1.90. The van der Waals surface area contributed by atoms with E-state index in [-0.39, 0.29) is 6.10 Å². The molecule has 2 nitrogen and oxygen atoms in total. The molecular weight excluding hydrogens is 244 g/mol. The van der Waals surface area contributed by atoms with Gasteiger partial charge in [-0.1, -0.05) is 36.4 Å². The largest absolute Gasteiger partial charge is 0.386 e. The molecule has 1 saturated heterocycles. The summed E-state index contributed by atoms with van der Waals surface area (Å²) in [4.78, 5) is 0. The molecule has 0 saturated carbocycles. The number of ether oxygens (including phenoxy) is 1. The molecule has 0 aliphatic carbocycles. The van der Waals surface area contributed by atoms with Crippen molar-refractivity contribution >= 4 is 22.5 Å². The molecule has 1 heterocycles. The van der Waals surface area contributed by atoms with Gasteiger partial charge in [-0.2, -0.15) is 11.8 Å². The van der Waals surface area contributed by atoms with Crippen LogP contribution in [-0.2, 0) is 4.74 Å². The third-order valence-electron chi connectivity index (χ3n) is 3.31. The maximum atomic E-state index is 10.4. The van der Waals surface area contributed by atoms with E-state index in [1.54, 1.807) is 0 Å². The Morgan fingerprint density at radius 1 is 1.17 bits per heavy atom. The van der Waals surface area contributed by atoms with Gasteiger partial charge in [-0.15, -0.1) is 0 Å². The van der Waals surface area contributed by atoms with Gasteiger partial charge < -0.3 is 9.84 Å². The number of rotatable bonds is 2. The fraction of sp³-hybridized carbons (Fsp3) is 0.333. The van der Waals surface area contributed by atoms with Crippen molar-refractivity contribution < 1.29 is 9.84 Å². The van der Waals surface area contributed by atoms with Gasteiger partial charge >= 0.3 is 0 Å². The van der Waals surface area contributed by atoms with Crippen LogP contribution in [0, 0.1) is 0 Å². The van der Waals surface area contributed by atoms with Crippen LogP contribution in [0.25, 0.3) is 10.8 Å². The maximum Gasteiger partial charge on any atom is 0.106 e. The first-order valence-electron chi connectivity index (χ1n) is 6.21. The Balaban J connectivity index is 1.88. The molecule has 0 radical (unpaired) electrons. The lowest BCUT2D eigenvalue weighted by molar-refractivity contribution is -0.0226. The normalized spacial score (nSPS) is 21.9. The predicted molar refractivity (Wildman–Crippen MR) is 76.0 cm³/mol. The van der Waals surface area contributed by atoms with Crippen molar-refractivity contribution in [2.24, 2.45) is 0 Å². The quantitative estimate of drug-likeness (QED) is 0.900. The SMILES string of the molecule is OC(c1ccc2ccccc2c1)C1CSCCO1. The molecule has 94 valence electrons. The molecule has 0 bridgehead atoms. The zero-order valence-corrected chi connectivity index (χ0v) is 10.9. The van der Waals surface area contributed by atoms with E-state index in [2.05, 4.69) is 24.3 Å². The van der Waals surface area contributed by atoms with Crippen molar-refractivity contribution in [3.05, 3.63) is 48.0 Å². The highest BCUT2D eigenvalue weighted by atomic mass is 32.2. The minimum absolute atomic E-state index is 0.0788. The summed E-state index contributed by atoms with van der Waals surface area (Å²) in [6.07, 6.45) is -0.604. The van der Waals surface area contributed by atoms with Gasteiger partial charge in [0.25, 0.3) is 0 Å². The molecule has 1 fully saturated rings. The number of aliphatic hydroxyl groups excluding tert-OH is 1. The first-order chi connectivity index (χ1) is 8.84. The van der Waals surface area contributed by atoms with Crippen molar-refractivity contribution in [3.63, 3.8) is 0 Å². The Morgan fingerprint density at radius 2 is 2.00 bits per heavy atom. The van der Waals surface area contributed by atoms with Crippen molar-refractivity contribution in [2.45, 2.75) is 12.2 Å². The molecule has 1 aliphatic rings. The first kappa shape index (κ1) is 12.0. The number of thioether (sulfide) groups is 1. The first-order valence-corrected chi connectivity index (χ1v) is 7.36. The summed E-state index contributed by atoms with van der Waals surface area (Å²) in [6, 6.07) is 14.3. The van der Waals surface area contributed by atoms with Crippen LogP contribution in [0.2, 0.25) is 0 Å². The Kier molecular flexibility index (Phi) is 3.55. The van der Waals surface area contributed by atoms with E-state index in [0.717, 1.165) is 29.1 Å². The summed E-state index contributed by atoms with van der Waals surface area (Å²) in [5.41, 5.74) is 0.946. The summed E-state index contributed by atoms with van der Waals surface area (Å²) in [6.45, 7) is 0.736. The molecule has 0 spiro atoms. The van der Waals surface area contributed by atoms with E-state index in [0.29, 0.717) is 0 Å². The molecule has 2 unspecified atom stereocenters. The van der Waals surface area contributed by atoms with Gasteiger partial charge in [0.1, 0.15) is 6.10 Å². The second kappa shape index (κ2) is 5.31. The highest BCUT2D eigenvalue weighted by Crippen LogP contribution is 2.27. The zero-order valence-electron chi connectivity index (χ0n) is 10.1. The van der Waals surface area contributed by atoms with Crippen LogP contribution in [-0.4, -0.2) is 29.3 Å². The predicted octanol–water partition coefficient (Wildman–Crippen LogP) is 3.01. The second-order valence-electron chi connectivity index (χ2n) is 4.54. The van der Waals surface area contributed by atoms with E-state index in [1.165, 1.54) is 5.39 Å². The molecule has 0 amide bonds. The van der Waals surface area contributed by atoms with Crippen molar-refractivity contribution in [2.75, 3.05) is 18.1 Å². The van der Waals surface area contributed by atoms with Gasteiger partial charge in [0.2, 0.25) is 0 Å². The van der Waals surface area contributed by atoms with Gasteiger partial charge in [-0.3, -0.25) is 0 Å². The number of hydrogen-bond acceptors (Lipinski definition) is 3. The van der Waals surface area contributed by atoms with E-state index >= 15 is 0 Å². The van der Waals surface area contributed by atoms with Gasteiger partial charge in [-0.25, -0.2) is 0 Å². The van der Waals surface area contributed by atoms with Crippen molar-refractivity contribution in [1.82, 2.24) is 0 Å². The summed E-state index contributed by atoms with van der Waals surface area (Å²) in [5, 5.41) is 12.7. The summed E-state index contributed by atoms with van der Waals surface area (Å²) in [7, 11) is 0. The van der Waals surface area contributed by atoms with E-state index in [1.807, 2.05) is 30.0 Å². The second-order valence-corrected chi connectivity index (χ2v) is 5.69. The average Bonchev–Trinajstić information content (AvgIpc) is 2.47. The molecule has 0 aromatic heterocycles. The maximum absolute atomic E-state index is 10.4. The molecule has 2 atom stereocenters. The smallest absolute Gasteiger partial charge is 0.106 e. The van der Waals surface area contributed by atoms with Crippen molar-refractivity contribution in [1.29, 1.82) is 0 Å². The number of benzene rings is 2. The Labute approximate surface area is 111 Å². The van der Waals surface area contributed by atoms with Crippen LogP contribution in [0.4, 0.5) is 0 Å². The van der Waals surface area contributed by atoms with E-state index in [9.17, 15) is 5.11 Å². The van der Waals surface area contributed by atoms with Gasteiger partial charge in [-0.05, 0) is 22.4 Å². The number of fused-ring (bicyclic) bond motifs is 1. The highest BCUT2D eigenvalue weighted by Gasteiger charge is 2.24. The van der Waals surface area contributed by atoms with Gasteiger partial charge in [0.05, 0.1) is 12.7 Å². The van der Waals surface area contributed by atoms with Gasteiger partial charge in [0.15, 0.2) is 0 Å². The molecule has 1 N–H and O–H groups in total. The topological polar surface area (TPSA) is 29.5 Å². The fourth-order valence-corrected chi connectivity index (χ4v) is 3.19. The van der Waals surface area contributed by atoms with Crippen LogP contribution >= 0.6 is 11.8 Å². The van der Waals surface area contributed by atoms with Crippen molar-refractivity contribution in [3.8, 4) is 0 Å². The van der Waals surface area contributed by atoms with E-state index in [4.69, 9.17) is 4.74 Å².